The van der Waals surface area contributed by atoms with Crippen LogP contribution in [0.2, 0.25) is 0 Å². The Kier molecular flexibility index (Phi) is 6.35. The van der Waals surface area contributed by atoms with Gasteiger partial charge in [-0.1, -0.05) is 44.0 Å². The van der Waals surface area contributed by atoms with Gasteiger partial charge >= 0.3 is 6.03 Å². The third-order valence-electron chi connectivity index (χ3n) is 5.82. The largest absolute Gasteiger partial charge is 0.334 e. The predicted molar refractivity (Wildman–Crippen MR) is 102 cm³/mol. The van der Waals surface area contributed by atoms with Crippen LogP contribution in [0.15, 0.2) is 24.3 Å². The van der Waals surface area contributed by atoms with Crippen LogP contribution in [0.25, 0.3) is 0 Å². The highest BCUT2D eigenvalue weighted by Crippen LogP contribution is 2.26. The molecule has 2 aliphatic rings. The van der Waals surface area contributed by atoms with Crippen LogP contribution < -0.4 is 5.32 Å². The van der Waals surface area contributed by atoms with Crippen LogP contribution in [0.5, 0.6) is 0 Å². The van der Waals surface area contributed by atoms with E-state index in [1.807, 2.05) is 11.9 Å². The second kappa shape index (κ2) is 8.70. The maximum absolute atomic E-state index is 12.5. The van der Waals surface area contributed by atoms with Crippen molar-refractivity contribution in [1.29, 1.82) is 0 Å². The number of rotatable bonds is 5. The third kappa shape index (κ3) is 5.21. The van der Waals surface area contributed by atoms with Gasteiger partial charge < -0.3 is 10.2 Å². The van der Waals surface area contributed by atoms with E-state index in [9.17, 15) is 4.79 Å². The van der Waals surface area contributed by atoms with Crippen molar-refractivity contribution in [2.75, 3.05) is 20.1 Å². The number of amides is 2. The molecule has 2 fully saturated rings. The summed E-state index contributed by atoms with van der Waals surface area (Å²) < 4.78 is 0. The van der Waals surface area contributed by atoms with Gasteiger partial charge in [0.2, 0.25) is 0 Å². The Morgan fingerprint density at radius 3 is 2.72 bits per heavy atom. The maximum atomic E-state index is 12.5. The normalized spacial score (nSPS) is 24.2. The molecule has 1 saturated carbocycles. The lowest BCUT2D eigenvalue weighted by molar-refractivity contribution is 0.160. The number of nitrogens with one attached hydrogen (secondary N) is 1. The Bertz CT molecular complexity index is 568. The first-order valence-electron chi connectivity index (χ1n) is 9.92. The molecule has 0 bridgehead atoms. The standard InChI is InChI=1S/C21H33N3O/c1-17-7-5-10-20(13-17)23(2)21(25)22-15-18-8-6-9-19(14-18)16-24-11-3-4-12-24/h6,8-9,14,17,20H,3-5,7,10-13,15-16H2,1-2H3,(H,22,25). The summed E-state index contributed by atoms with van der Waals surface area (Å²) in [6, 6.07) is 9.10. The first-order valence-corrected chi connectivity index (χ1v) is 9.92. The van der Waals surface area contributed by atoms with Crippen molar-refractivity contribution in [3.8, 4) is 0 Å². The Labute approximate surface area is 152 Å². The van der Waals surface area contributed by atoms with E-state index in [0.29, 0.717) is 12.6 Å². The Morgan fingerprint density at radius 2 is 1.96 bits per heavy atom. The average Bonchev–Trinajstić information content (AvgIpc) is 3.12. The molecule has 1 aliphatic heterocycles. The fourth-order valence-electron chi connectivity index (χ4n) is 4.26. The van der Waals surface area contributed by atoms with Crippen molar-refractivity contribution < 1.29 is 4.79 Å². The molecule has 0 spiro atoms. The molecular formula is C21H33N3O. The molecule has 1 aliphatic carbocycles. The molecule has 2 atom stereocenters. The summed E-state index contributed by atoms with van der Waals surface area (Å²) in [5, 5.41) is 3.11. The fraction of sp³-hybridized carbons (Fsp3) is 0.667. The van der Waals surface area contributed by atoms with Crippen molar-refractivity contribution in [3.05, 3.63) is 35.4 Å². The van der Waals surface area contributed by atoms with Gasteiger partial charge in [0.05, 0.1) is 0 Å². The molecule has 138 valence electrons. The molecule has 3 rings (SSSR count). The Balaban J connectivity index is 1.49. The third-order valence-corrected chi connectivity index (χ3v) is 5.82. The minimum Gasteiger partial charge on any atom is -0.334 e. The first-order chi connectivity index (χ1) is 12.1. The predicted octanol–water partition coefficient (Wildman–Crippen LogP) is 4.00. The smallest absolute Gasteiger partial charge is 0.317 e. The van der Waals surface area contributed by atoms with Crippen LogP contribution in [0.4, 0.5) is 4.79 Å². The molecule has 1 aromatic rings. The molecule has 1 saturated heterocycles. The van der Waals surface area contributed by atoms with Gasteiger partial charge in [0.1, 0.15) is 0 Å². The summed E-state index contributed by atoms with van der Waals surface area (Å²) in [6.07, 6.45) is 7.45. The van der Waals surface area contributed by atoms with Crippen molar-refractivity contribution >= 4 is 6.03 Å². The summed E-state index contributed by atoms with van der Waals surface area (Å²) >= 11 is 0. The van der Waals surface area contributed by atoms with Crippen LogP contribution in [0.3, 0.4) is 0 Å². The molecule has 25 heavy (non-hydrogen) atoms. The van der Waals surface area contributed by atoms with Crippen LogP contribution in [0.1, 0.15) is 56.6 Å². The van der Waals surface area contributed by atoms with Crippen molar-refractivity contribution in [3.63, 3.8) is 0 Å². The quantitative estimate of drug-likeness (QED) is 0.877. The molecule has 1 heterocycles. The lowest BCUT2D eigenvalue weighted by Gasteiger charge is -2.34. The molecule has 1 aromatic carbocycles. The molecular weight excluding hydrogens is 310 g/mol. The highest BCUT2D eigenvalue weighted by atomic mass is 16.2. The van der Waals surface area contributed by atoms with E-state index < -0.39 is 0 Å². The lowest BCUT2D eigenvalue weighted by Crippen LogP contribution is -2.45. The van der Waals surface area contributed by atoms with E-state index in [1.165, 1.54) is 49.9 Å². The van der Waals surface area contributed by atoms with Gasteiger partial charge in [-0.15, -0.1) is 0 Å². The number of likely N-dealkylation sites (tertiary alicyclic amines) is 1. The summed E-state index contributed by atoms with van der Waals surface area (Å²) in [5.41, 5.74) is 2.54. The zero-order valence-corrected chi connectivity index (χ0v) is 15.8. The molecule has 1 N–H and O–H groups in total. The van der Waals surface area contributed by atoms with Crippen molar-refractivity contribution in [2.45, 2.75) is 64.6 Å². The number of benzene rings is 1. The second-order valence-corrected chi connectivity index (χ2v) is 8.00. The molecule has 4 nitrogen and oxygen atoms in total. The molecule has 4 heteroatoms. The molecule has 2 unspecified atom stereocenters. The number of nitrogens with zero attached hydrogens (tertiary/aromatic N) is 2. The lowest BCUT2D eigenvalue weighted by atomic mass is 9.86. The van der Waals surface area contributed by atoms with Crippen LogP contribution in [0, 0.1) is 5.92 Å². The number of urea groups is 1. The van der Waals surface area contributed by atoms with Gasteiger partial charge in [0.25, 0.3) is 0 Å². The summed E-state index contributed by atoms with van der Waals surface area (Å²) in [7, 11) is 1.95. The maximum Gasteiger partial charge on any atom is 0.317 e. The van der Waals surface area contributed by atoms with Crippen LogP contribution in [-0.2, 0) is 13.1 Å². The first kappa shape index (κ1) is 18.2. The topological polar surface area (TPSA) is 35.6 Å². The van der Waals surface area contributed by atoms with E-state index in [-0.39, 0.29) is 6.03 Å². The minimum atomic E-state index is 0.0593. The number of hydrogen-bond donors (Lipinski definition) is 1. The summed E-state index contributed by atoms with van der Waals surface area (Å²) in [5.74, 6) is 0.733. The minimum absolute atomic E-state index is 0.0593. The molecule has 0 radical (unpaired) electrons. The van der Waals surface area contributed by atoms with Gasteiger partial charge in [0.15, 0.2) is 0 Å². The van der Waals surface area contributed by atoms with E-state index in [2.05, 4.69) is 41.4 Å². The van der Waals surface area contributed by atoms with Gasteiger partial charge in [0, 0.05) is 26.2 Å². The van der Waals surface area contributed by atoms with Crippen molar-refractivity contribution in [2.24, 2.45) is 5.92 Å². The average molecular weight is 344 g/mol. The van der Waals surface area contributed by atoms with E-state index in [1.54, 1.807) is 0 Å². The Morgan fingerprint density at radius 1 is 1.20 bits per heavy atom. The summed E-state index contributed by atoms with van der Waals surface area (Å²) in [6.45, 7) is 6.36. The van der Waals surface area contributed by atoms with E-state index in [4.69, 9.17) is 0 Å². The van der Waals surface area contributed by atoms with Gasteiger partial charge in [-0.25, -0.2) is 4.79 Å². The zero-order valence-electron chi connectivity index (χ0n) is 15.8. The number of carbonyl (C=O) groups excluding carboxylic acids is 1. The highest BCUT2D eigenvalue weighted by molar-refractivity contribution is 5.74. The highest BCUT2D eigenvalue weighted by Gasteiger charge is 2.25. The second-order valence-electron chi connectivity index (χ2n) is 8.00. The van der Waals surface area contributed by atoms with Crippen LogP contribution >= 0.6 is 0 Å². The van der Waals surface area contributed by atoms with E-state index >= 15 is 0 Å². The van der Waals surface area contributed by atoms with Crippen LogP contribution in [-0.4, -0.2) is 42.0 Å². The molecule has 0 aromatic heterocycles. The SMILES string of the molecule is CC1CCCC(N(C)C(=O)NCc2cccc(CN3CCCC3)c2)C1. The van der Waals surface area contributed by atoms with Gasteiger partial charge in [-0.2, -0.15) is 0 Å². The fourth-order valence-corrected chi connectivity index (χ4v) is 4.26. The number of hydrogen-bond acceptors (Lipinski definition) is 2. The van der Waals surface area contributed by atoms with Gasteiger partial charge in [-0.3, -0.25) is 4.90 Å². The summed E-state index contributed by atoms with van der Waals surface area (Å²) in [4.78, 5) is 16.9. The number of carbonyl (C=O) groups is 1. The van der Waals surface area contributed by atoms with Crippen molar-refractivity contribution in [1.82, 2.24) is 15.1 Å². The van der Waals surface area contributed by atoms with E-state index in [0.717, 1.165) is 25.3 Å². The monoisotopic (exact) mass is 343 g/mol. The Hall–Kier alpha value is -1.55. The molecule has 2 amide bonds. The van der Waals surface area contributed by atoms with Gasteiger partial charge in [-0.05, 0) is 55.8 Å². The zero-order chi connectivity index (χ0) is 17.6.